The smallest absolute Gasteiger partial charge is 0.407 e. The van der Waals surface area contributed by atoms with Crippen molar-refractivity contribution in [3.8, 4) is 12.3 Å². The average molecular weight is 587 g/mol. The first-order valence-corrected chi connectivity index (χ1v) is 14.4. The quantitative estimate of drug-likeness (QED) is 0.224. The largest absolute Gasteiger partial charge is 0.445 e. The maximum absolute atomic E-state index is 13.9. The summed E-state index contributed by atoms with van der Waals surface area (Å²) in [6.45, 7) is 4.60. The van der Waals surface area contributed by atoms with Gasteiger partial charge in [-0.1, -0.05) is 79.2 Å². The molecule has 2 aromatic carbocycles. The predicted octanol–water partition coefficient (Wildman–Crippen LogP) is 2.36. The van der Waals surface area contributed by atoms with E-state index in [0.29, 0.717) is 25.8 Å². The lowest BCUT2D eigenvalue weighted by Gasteiger charge is -2.55. The standard InChI is InChI=1S/C32H38N6O5/c1-3-19-36-24-29(39)37-27(16-11-18-33-32(42)43-21-4-2)30(40)35(20-17-25-12-7-5-8-13-25)23-28(37)38(36)31(41)34-22-26-14-9-6-10-15-26/h1,4-10,12-15,27-28H,2,11,16-24H2,(H,33,42)(H,34,41)/t27-,28-/m0/s1. The molecule has 2 heterocycles. The van der Waals surface area contributed by atoms with Crippen molar-refractivity contribution < 1.29 is 23.9 Å². The zero-order valence-electron chi connectivity index (χ0n) is 24.2. The number of hydrazine groups is 1. The van der Waals surface area contributed by atoms with Gasteiger partial charge < -0.3 is 25.2 Å². The Labute approximate surface area is 252 Å². The Kier molecular flexibility index (Phi) is 11.2. The molecule has 2 atom stereocenters. The number of terminal acetylenes is 1. The van der Waals surface area contributed by atoms with E-state index in [1.165, 1.54) is 16.0 Å². The highest BCUT2D eigenvalue weighted by Crippen LogP contribution is 2.28. The van der Waals surface area contributed by atoms with Gasteiger partial charge in [0, 0.05) is 19.6 Å². The lowest BCUT2D eigenvalue weighted by atomic mass is 10.0. The molecular formula is C32H38N6O5. The van der Waals surface area contributed by atoms with E-state index in [9.17, 15) is 19.2 Å². The number of alkyl carbamates (subject to hydrolysis) is 1. The van der Waals surface area contributed by atoms with Crippen LogP contribution in [0, 0.1) is 12.3 Å². The van der Waals surface area contributed by atoms with Crippen LogP contribution in [0.5, 0.6) is 0 Å². The molecule has 5 amide bonds. The fraction of sp³-hybridized carbons (Fsp3) is 0.375. The molecule has 0 saturated carbocycles. The molecule has 2 aliphatic heterocycles. The minimum absolute atomic E-state index is 0.0498. The Bertz CT molecular complexity index is 1310. The van der Waals surface area contributed by atoms with Gasteiger partial charge in [-0.15, -0.1) is 6.42 Å². The van der Waals surface area contributed by atoms with E-state index in [1.807, 2.05) is 60.7 Å². The van der Waals surface area contributed by atoms with Crippen molar-refractivity contribution >= 4 is 23.9 Å². The summed E-state index contributed by atoms with van der Waals surface area (Å²) in [6, 6.07) is 18.1. The van der Waals surface area contributed by atoms with E-state index in [0.717, 1.165) is 11.1 Å². The number of benzene rings is 2. The third-order valence-corrected chi connectivity index (χ3v) is 7.37. The highest BCUT2D eigenvalue weighted by Gasteiger charge is 2.51. The van der Waals surface area contributed by atoms with E-state index < -0.39 is 24.3 Å². The molecule has 2 aromatic rings. The number of hydrogen-bond acceptors (Lipinski definition) is 6. The molecule has 0 unspecified atom stereocenters. The summed E-state index contributed by atoms with van der Waals surface area (Å²) in [7, 11) is 0. The zero-order chi connectivity index (χ0) is 30.6. The molecule has 2 N–H and O–H groups in total. The zero-order valence-corrected chi connectivity index (χ0v) is 24.2. The topological polar surface area (TPSA) is 115 Å². The molecule has 4 rings (SSSR count). The summed E-state index contributed by atoms with van der Waals surface area (Å²) >= 11 is 0. The average Bonchev–Trinajstić information content (AvgIpc) is 3.02. The second-order valence-electron chi connectivity index (χ2n) is 10.3. The van der Waals surface area contributed by atoms with Gasteiger partial charge in [-0.25, -0.2) is 14.6 Å². The van der Waals surface area contributed by atoms with Crippen molar-refractivity contribution in [2.75, 3.05) is 39.3 Å². The Morgan fingerprint density at radius 2 is 1.74 bits per heavy atom. The molecule has 11 heteroatoms. The first-order chi connectivity index (χ1) is 20.9. The monoisotopic (exact) mass is 586 g/mol. The highest BCUT2D eigenvalue weighted by molar-refractivity contribution is 5.91. The Morgan fingerprint density at radius 1 is 1.05 bits per heavy atom. The van der Waals surface area contributed by atoms with E-state index >= 15 is 0 Å². The minimum atomic E-state index is -0.814. The third kappa shape index (κ3) is 8.14. The number of piperazine rings is 1. The van der Waals surface area contributed by atoms with Crippen molar-refractivity contribution in [1.29, 1.82) is 0 Å². The van der Waals surface area contributed by atoms with Gasteiger partial charge in [-0.05, 0) is 30.4 Å². The highest BCUT2D eigenvalue weighted by atomic mass is 16.5. The van der Waals surface area contributed by atoms with Gasteiger partial charge in [0.15, 0.2) is 0 Å². The summed E-state index contributed by atoms with van der Waals surface area (Å²) < 4.78 is 4.95. The molecule has 0 bridgehead atoms. The van der Waals surface area contributed by atoms with E-state index in [2.05, 4.69) is 23.1 Å². The summed E-state index contributed by atoms with van der Waals surface area (Å²) in [6.07, 6.45) is 7.08. The number of carbonyl (C=O) groups excluding carboxylic acids is 4. The number of nitrogens with zero attached hydrogens (tertiary/aromatic N) is 4. The van der Waals surface area contributed by atoms with Crippen molar-refractivity contribution in [2.24, 2.45) is 0 Å². The third-order valence-electron chi connectivity index (χ3n) is 7.37. The number of urea groups is 1. The molecule has 0 radical (unpaired) electrons. The Balaban J connectivity index is 1.56. The van der Waals surface area contributed by atoms with Gasteiger partial charge in [-0.2, -0.15) is 5.01 Å². The fourth-order valence-electron chi connectivity index (χ4n) is 5.35. The number of fused-ring (bicyclic) bond motifs is 1. The number of rotatable bonds is 12. The SMILES string of the molecule is C#CCN1CC(=O)N2[C@@H](CCCNC(=O)OCC=C)C(=O)N(CCc3ccccc3)C[C@@H]2N1C(=O)NCc1ccccc1. The number of hydrogen-bond donors (Lipinski definition) is 2. The van der Waals surface area contributed by atoms with Crippen LogP contribution in [0.1, 0.15) is 24.0 Å². The lowest BCUT2D eigenvalue weighted by Crippen LogP contribution is -2.76. The fourth-order valence-corrected chi connectivity index (χ4v) is 5.35. The van der Waals surface area contributed by atoms with Crippen LogP contribution in [0.2, 0.25) is 0 Å². The second-order valence-corrected chi connectivity index (χ2v) is 10.3. The molecule has 0 spiro atoms. The number of nitrogens with one attached hydrogen (secondary N) is 2. The molecule has 43 heavy (non-hydrogen) atoms. The first kappa shape index (κ1) is 31.1. The summed E-state index contributed by atoms with van der Waals surface area (Å²) in [5, 5.41) is 8.65. The first-order valence-electron chi connectivity index (χ1n) is 14.4. The van der Waals surface area contributed by atoms with Crippen LogP contribution in [-0.2, 0) is 27.3 Å². The molecule has 2 fully saturated rings. The van der Waals surface area contributed by atoms with Gasteiger partial charge in [0.25, 0.3) is 0 Å². The van der Waals surface area contributed by atoms with Crippen LogP contribution in [0.4, 0.5) is 9.59 Å². The molecule has 0 aromatic heterocycles. The maximum atomic E-state index is 13.9. The van der Waals surface area contributed by atoms with Crippen molar-refractivity contribution in [3.05, 3.63) is 84.4 Å². The summed E-state index contributed by atoms with van der Waals surface area (Å²) in [5.74, 6) is 2.08. The second kappa shape index (κ2) is 15.4. The normalized spacial score (nSPS) is 18.4. The molecule has 226 valence electrons. The lowest BCUT2D eigenvalue weighted by molar-refractivity contribution is -0.189. The molecule has 11 nitrogen and oxygen atoms in total. The number of ether oxygens (including phenoxy) is 1. The van der Waals surface area contributed by atoms with E-state index in [4.69, 9.17) is 11.2 Å². The van der Waals surface area contributed by atoms with Crippen molar-refractivity contribution in [2.45, 2.75) is 38.0 Å². The number of carbonyl (C=O) groups is 4. The van der Waals surface area contributed by atoms with Crippen LogP contribution >= 0.6 is 0 Å². The molecule has 2 aliphatic rings. The predicted molar refractivity (Wildman–Crippen MR) is 161 cm³/mol. The van der Waals surface area contributed by atoms with Crippen LogP contribution in [-0.4, -0.2) is 95.3 Å². The van der Waals surface area contributed by atoms with Crippen molar-refractivity contribution in [3.63, 3.8) is 0 Å². The van der Waals surface area contributed by atoms with Crippen LogP contribution in [0.25, 0.3) is 0 Å². The van der Waals surface area contributed by atoms with Gasteiger partial charge in [-0.3, -0.25) is 9.59 Å². The maximum Gasteiger partial charge on any atom is 0.407 e. The van der Waals surface area contributed by atoms with Gasteiger partial charge in [0.05, 0.1) is 19.6 Å². The molecule has 2 saturated heterocycles. The molecule has 0 aliphatic carbocycles. The van der Waals surface area contributed by atoms with Crippen LogP contribution in [0.3, 0.4) is 0 Å². The van der Waals surface area contributed by atoms with E-state index in [1.54, 1.807) is 9.91 Å². The summed E-state index contributed by atoms with van der Waals surface area (Å²) in [4.78, 5) is 56.2. The van der Waals surface area contributed by atoms with Crippen LogP contribution in [0.15, 0.2) is 73.3 Å². The summed E-state index contributed by atoms with van der Waals surface area (Å²) in [5.41, 5.74) is 1.99. The van der Waals surface area contributed by atoms with Crippen molar-refractivity contribution in [1.82, 2.24) is 30.5 Å². The van der Waals surface area contributed by atoms with Crippen LogP contribution < -0.4 is 10.6 Å². The van der Waals surface area contributed by atoms with Gasteiger partial charge in [0.1, 0.15) is 18.8 Å². The minimum Gasteiger partial charge on any atom is -0.445 e. The van der Waals surface area contributed by atoms with Gasteiger partial charge in [0.2, 0.25) is 11.8 Å². The van der Waals surface area contributed by atoms with E-state index in [-0.39, 0.29) is 51.1 Å². The molecular weight excluding hydrogens is 548 g/mol. The Hall–Kier alpha value is -4.82. The van der Waals surface area contributed by atoms with Gasteiger partial charge >= 0.3 is 12.1 Å². The Morgan fingerprint density at radius 3 is 2.42 bits per heavy atom. The number of amides is 5.